The van der Waals surface area contributed by atoms with Crippen LogP contribution in [0.4, 0.5) is 5.69 Å². The first kappa shape index (κ1) is 29.0. The highest BCUT2D eigenvalue weighted by molar-refractivity contribution is 6.22. The number of hydrogen-bond acceptors (Lipinski definition) is 6. The van der Waals surface area contributed by atoms with Crippen molar-refractivity contribution in [3.63, 3.8) is 0 Å². The fourth-order valence-corrected chi connectivity index (χ4v) is 4.35. The van der Waals surface area contributed by atoms with Gasteiger partial charge in [0.15, 0.2) is 18.1 Å². The number of amides is 1. The van der Waals surface area contributed by atoms with E-state index >= 15 is 0 Å². The second-order valence-electron chi connectivity index (χ2n) is 9.40. The molecule has 1 N–H and O–H groups in total. The maximum atomic E-state index is 13.5. The van der Waals surface area contributed by atoms with Gasteiger partial charge in [-0.2, -0.15) is 0 Å². The van der Waals surface area contributed by atoms with Crippen LogP contribution in [0, 0.1) is 13.8 Å². The summed E-state index contributed by atoms with van der Waals surface area (Å²) >= 11 is 0. The number of carbonyl (C=O) groups is 2. The van der Waals surface area contributed by atoms with Gasteiger partial charge in [-0.3, -0.25) is 4.79 Å². The van der Waals surface area contributed by atoms with E-state index in [1.54, 1.807) is 18.2 Å². The van der Waals surface area contributed by atoms with Gasteiger partial charge in [0.25, 0.3) is 5.91 Å². The Morgan fingerprint density at radius 3 is 2.00 bits per heavy atom. The number of carbonyl (C=O) groups excluding carboxylic acids is 2. The van der Waals surface area contributed by atoms with Crippen molar-refractivity contribution in [2.24, 2.45) is 0 Å². The summed E-state index contributed by atoms with van der Waals surface area (Å²) in [5.74, 6) is 0.240. The smallest absolute Gasteiger partial charge is 0.339 e. The lowest BCUT2D eigenvalue weighted by atomic mass is 9.98. The van der Waals surface area contributed by atoms with E-state index in [2.05, 4.69) is 5.32 Å². The van der Waals surface area contributed by atoms with Gasteiger partial charge in [-0.1, -0.05) is 66.7 Å². The molecule has 210 valence electrons. The Bertz CT molecular complexity index is 1530. The molecule has 4 aromatic rings. The number of esters is 1. The summed E-state index contributed by atoms with van der Waals surface area (Å²) in [6.07, 6.45) is 1.67. The van der Waals surface area contributed by atoms with E-state index in [9.17, 15) is 9.59 Å². The molecule has 0 aliphatic carbocycles. The van der Waals surface area contributed by atoms with E-state index in [0.29, 0.717) is 34.1 Å². The molecule has 1 amide bonds. The van der Waals surface area contributed by atoms with Crippen LogP contribution < -0.4 is 19.5 Å². The maximum Gasteiger partial charge on any atom is 0.339 e. The lowest BCUT2D eigenvalue weighted by molar-refractivity contribution is -0.141. The summed E-state index contributed by atoms with van der Waals surface area (Å²) < 4.78 is 21.9. The first-order valence-electron chi connectivity index (χ1n) is 13.0. The summed E-state index contributed by atoms with van der Waals surface area (Å²) in [6.45, 7) is 3.40. The Balaban J connectivity index is 1.65. The SMILES string of the molecule is COc1cc(/C=C(/C(=O)OCC(=O)Nc2cc(C)ccc2C)c2ccc(-c3ccccc3)cc2)cc(OC)c1OC. The summed E-state index contributed by atoms with van der Waals surface area (Å²) in [6, 6.07) is 26.8. The van der Waals surface area contributed by atoms with Crippen molar-refractivity contribution in [3.8, 4) is 28.4 Å². The zero-order chi connectivity index (χ0) is 29.4. The molecule has 0 saturated heterocycles. The fraction of sp³-hybridized carbons (Fsp3) is 0.176. The average Bonchev–Trinajstić information content (AvgIpc) is 3.00. The predicted octanol–water partition coefficient (Wildman–Crippen LogP) is 6.72. The number of nitrogens with one attached hydrogen (secondary N) is 1. The minimum atomic E-state index is -0.651. The van der Waals surface area contributed by atoms with Crippen molar-refractivity contribution in [1.82, 2.24) is 0 Å². The van der Waals surface area contributed by atoms with E-state index in [4.69, 9.17) is 18.9 Å². The molecule has 4 rings (SSSR count). The van der Waals surface area contributed by atoms with Crippen LogP contribution >= 0.6 is 0 Å². The topological polar surface area (TPSA) is 83.1 Å². The average molecular weight is 552 g/mol. The number of ether oxygens (including phenoxy) is 4. The van der Waals surface area contributed by atoms with E-state index in [1.807, 2.05) is 86.6 Å². The quantitative estimate of drug-likeness (QED) is 0.134. The van der Waals surface area contributed by atoms with Gasteiger partial charge in [0.2, 0.25) is 5.75 Å². The highest BCUT2D eigenvalue weighted by Gasteiger charge is 2.19. The van der Waals surface area contributed by atoms with E-state index in [0.717, 1.165) is 22.3 Å². The zero-order valence-corrected chi connectivity index (χ0v) is 23.8. The molecule has 41 heavy (non-hydrogen) atoms. The number of rotatable bonds is 10. The molecule has 0 aliphatic heterocycles. The van der Waals surface area contributed by atoms with Gasteiger partial charge < -0.3 is 24.3 Å². The van der Waals surface area contributed by atoms with Gasteiger partial charge in [0.05, 0.1) is 26.9 Å². The molecule has 0 saturated carbocycles. The molecule has 0 spiro atoms. The van der Waals surface area contributed by atoms with Crippen LogP contribution in [0.15, 0.2) is 84.9 Å². The third-order valence-corrected chi connectivity index (χ3v) is 6.52. The van der Waals surface area contributed by atoms with Crippen LogP contribution in [0.25, 0.3) is 22.8 Å². The minimum absolute atomic E-state index is 0.262. The molecule has 7 heteroatoms. The van der Waals surface area contributed by atoms with Gasteiger partial charge in [0.1, 0.15) is 0 Å². The second-order valence-corrected chi connectivity index (χ2v) is 9.40. The summed E-state index contributed by atoms with van der Waals surface area (Å²) in [5.41, 5.74) is 6.17. The normalized spacial score (nSPS) is 11.0. The van der Waals surface area contributed by atoms with Crippen LogP contribution in [0.1, 0.15) is 22.3 Å². The van der Waals surface area contributed by atoms with E-state index in [-0.39, 0.29) is 5.57 Å². The molecular weight excluding hydrogens is 518 g/mol. The summed E-state index contributed by atoms with van der Waals surface area (Å²) in [5, 5.41) is 2.82. The van der Waals surface area contributed by atoms with Gasteiger partial charge in [-0.25, -0.2) is 4.79 Å². The molecule has 0 atom stereocenters. The van der Waals surface area contributed by atoms with Gasteiger partial charge in [-0.15, -0.1) is 0 Å². The molecule has 0 aromatic heterocycles. The molecule has 0 aliphatic rings. The lowest BCUT2D eigenvalue weighted by Crippen LogP contribution is -2.21. The fourth-order valence-electron chi connectivity index (χ4n) is 4.35. The first-order valence-corrected chi connectivity index (χ1v) is 13.0. The standard InChI is InChI=1S/C34H33NO6/c1-22-11-12-23(2)29(17-22)35-32(36)21-41-34(37)28(18-24-19-30(38-3)33(40-5)31(20-24)39-4)27-15-13-26(14-16-27)25-9-7-6-8-10-25/h6-20H,21H2,1-5H3,(H,35,36)/b28-18+. The van der Waals surface area contributed by atoms with Gasteiger partial charge in [-0.05, 0) is 71.5 Å². The van der Waals surface area contributed by atoms with Crippen LogP contribution in [0.2, 0.25) is 0 Å². The highest BCUT2D eigenvalue weighted by atomic mass is 16.5. The minimum Gasteiger partial charge on any atom is -0.493 e. The van der Waals surface area contributed by atoms with Crippen molar-refractivity contribution in [1.29, 1.82) is 0 Å². The number of aryl methyl sites for hydroxylation is 2. The zero-order valence-electron chi connectivity index (χ0n) is 23.8. The molecule has 7 nitrogen and oxygen atoms in total. The molecule has 0 unspecified atom stereocenters. The summed E-state index contributed by atoms with van der Waals surface area (Å²) in [7, 11) is 4.57. The number of methoxy groups -OCH3 is 3. The van der Waals surface area contributed by atoms with E-state index in [1.165, 1.54) is 21.3 Å². The predicted molar refractivity (Wildman–Crippen MR) is 161 cm³/mol. The van der Waals surface area contributed by atoms with Gasteiger partial charge >= 0.3 is 5.97 Å². The second kappa shape index (κ2) is 13.3. The van der Waals surface area contributed by atoms with Crippen LogP contribution in [-0.2, 0) is 14.3 Å². The van der Waals surface area contributed by atoms with Crippen LogP contribution in [0.5, 0.6) is 17.2 Å². The van der Waals surface area contributed by atoms with Gasteiger partial charge in [0, 0.05) is 5.69 Å². The molecule has 0 heterocycles. The monoisotopic (exact) mass is 551 g/mol. The van der Waals surface area contributed by atoms with Crippen molar-refractivity contribution in [3.05, 3.63) is 107 Å². The Labute approximate surface area is 240 Å². The maximum absolute atomic E-state index is 13.5. The molecule has 4 aromatic carbocycles. The third-order valence-electron chi connectivity index (χ3n) is 6.52. The number of anilines is 1. The Hall–Kier alpha value is -5.04. The molecule has 0 fully saturated rings. The first-order chi connectivity index (χ1) is 19.8. The Kier molecular flexibility index (Phi) is 9.43. The van der Waals surface area contributed by atoms with Crippen LogP contribution in [-0.4, -0.2) is 39.8 Å². The lowest BCUT2D eigenvalue weighted by Gasteiger charge is -2.14. The summed E-state index contributed by atoms with van der Waals surface area (Å²) in [4.78, 5) is 26.1. The molecule has 0 radical (unpaired) electrons. The Morgan fingerprint density at radius 2 is 1.39 bits per heavy atom. The van der Waals surface area contributed by atoms with Crippen molar-refractivity contribution in [2.75, 3.05) is 33.3 Å². The molecular formula is C34H33NO6. The Morgan fingerprint density at radius 1 is 0.756 bits per heavy atom. The van der Waals surface area contributed by atoms with Crippen molar-refractivity contribution < 1.29 is 28.5 Å². The third kappa shape index (κ3) is 7.13. The van der Waals surface area contributed by atoms with Crippen LogP contribution in [0.3, 0.4) is 0 Å². The van der Waals surface area contributed by atoms with Crippen molar-refractivity contribution in [2.45, 2.75) is 13.8 Å². The highest BCUT2D eigenvalue weighted by Crippen LogP contribution is 2.39. The number of hydrogen-bond donors (Lipinski definition) is 1. The molecule has 0 bridgehead atoms. The van der Waals surface area contributed by atoms with Crippen molar-refractivity contribution >= 4 is 29.2 Å². The van der Waals surface area contributed by atoms with E-state index < -0.39 is 18.5 Å². The number of benzene rings is 4. The largest absolute Gasteiger partial charge is 0.493 e.